The Labute approximate surface area is 147 Å². The Balaban J connectivity index is 2.01. The van der Waals surface area contributed by atoms with Crippen molar-refractivity contribution in [2.45, 2.75) is 50.3 Å². The number of alkyl halides is 1. The number of nitrogens with zero attached hydrogens (tertiary/aromatic N) is 4. The van der Waals surface area contributed by atoms with E-state index >= 15 is 4.39 Å². The SMILES string of the molecule is CCC1(F)c2ccccc2N2c3nccnc3N(C(C)C)C2C1S. The van der Waals surface area contributed by atoms with Crippen LogP contribution in [0.1, 0.15) is 32.8 Å². The molecular formula is C18H21FN4S. The van der Waals surface area contributed by atoms with Crippen LogP contribution in [0.5, 0.6) is 0 Å². The summed E-state index contributed by atoms with van der Waals surface area (Å²) in [7, 11) is 0. The van der Waals surface area contributed by atoms with Gasteiger partial charge in [-0.15, -0.1) is 0 Å². The highest BCUT2D eigenvalue weighted by Gasteiger charge is 2.56. The van der Waals surface area contributed by atoms with Gasteiger partial charge < -0.3 is 9.80 Å². The van der Waals surface area contributed by atoms with Gasteiger partial charge in [0.15, 0.2) is 17.3 Å². The van der Waals surface area contributed by atoms with Crippen LogP contribution in [0, 0.1) is 0 Å². The van der Waals surface area contributed by atoms with Crippen molar-refractivity contribution in [3.8, 4) is 0 Å². The van der Waals surface area contributed by atoms with Crippen LogP contribution in [0.2, 0.25) is 0 Å². The molecular weight excluding hydrogens is 323 g/mol. The Morgan fingerprint density at radius 1 is 1.21 bits per heavy atom. The van der Waals surface area contributed by atoms with Crippen LogP contribution >= 0.6 is 12.6 Å². The topological polar surface area (TPSA) is 32.3 Å². The van der Waals surface area contributed by atoms with Crippen molar-refractivity contribution in [1.82, 2.24) is 9.97 Å². The van der Waals surface area contributed by atoms with Gasteiger partial charge >= 0.3 is 0 Å². The summed E-state index contributed by atoms with van der Waals surface area (Å²) in [5.41, 5.74) is 0.0591. The van der Waals surface area contributed by atoms with Gasteiger partial charge in [-0.3, -0.25) is 0 Å². The summed E-state index contributed by atoms with van der Waals surface area (Å²) in [5, 5.41) is -0.504. The van der Waals surface area contributed by atoms with Crippen LogP contribution in [0.3, 0.4) is 0 Å². The van der Waals surface area contributed by atoms with Gasteiger partial charge in [0, 0.05) is 24.0 Å². The number of fused-ring (bicyclic) bond motifs is 5. The third-order valence-corrected chi connectivity index (χ3v) is 5.79. The number of anilines is 3. The molecule has 0 aliphatic carbocycles. The Bertz CT molecular complexity index is 783. The predicted molar refractivity (Wildman–Crippen MR) is 97.9 cm³/mol. The zero-order valence-corrected chi connectivity index (χ0v) is 14.9. The molecule has 3 heterocycles. The van der Waals surface area contributed by atoms with Gasteiger partial charge in [0.2, 0.25) is 0 Å². The molecule has 4 nitrogen and oxygen atoms in total. The van der Waals surface area contributed by atoms with Crippen molar-refractivity contribution in [3.05, 3.63) is 42.2 Å². The molecule has 0 N–H and O–H groups in total. The van der Waals surface area contributed by atoms with Crippen molar-refractivity contribution in [3.63, 3.8) is 0 Å². The molecule has 2 aromatic rings. The van der Waals surface area contributed by atoms with Gasteiger partial charge in [0.25, 0.3) is 0 Å². The number of hydrogen-bond donors (Lipinski definition) is 1. The maximum absolute atomic E-state index is 16.0. The predicted octanol–water partition coefficient (Wildman–Crippen LogP) is 4.06. The van der Waals surface area contributed by atoms with Gasteiger partial charge in [-0.2, -0.15) is 12.6 Å². The fraction of sp³-hybridized carbons (Fsp3) is 0.444. The van der Waals surface area contributed by atoms with Crippen molar-refractivity contribution in [2.24, 2.45) is 0 Å². The zero-order chi connectivity index (χ0) is 17.1. The molecule has 0 fully saturated rings. The average molecular weight is 344 g/mol. The molecule has 0 radical (unpaired) electrons. The Morgan fingerprint density at radius 2 is 1.88 bits per heavy atom. The summed E-state index contributed by atoms with van der Waals surface area (Å²) in [6.45, 7) is 6.07. The van der Waals surface area contributed by atoms with Gasteiger partial charge in [0.05, 0.1) is 10.9 Å². The molecule has 2 aliphatic rings. The van der Waals surface area contributed by atoms with Crippen LogP contribution in [0.4, 0.5) is 21.7 Å². The largest absolute Gasteiger partial charge is 0.329 e. The Morgan fingerprint density at radius 3 is 2.54 bits per heavy atom. The smallest absolute Gasteiger partial charge is 0.178 e. The lowest BCUT2D eigenvalue weighted by Gasteiger charge is -2.48. The molecule has 3 atom stereocenters. The molecule has 24 heavy (non-hydrogen) atoms. The van der Waals surface area contributed by atoms with E-state index in [1.54, 1.807) is 12.4 Å². The van der Waals surface area contributed by atoms with E-state index in [2.05, 4.69) is 33.6 Å². The van der Waals surface area contributed by atoms with Crippen LogP contribution in [0.15, 0.2) is 36.7 Å². The van der Waals surface area contributed by atoms with E-state index in [4.69, 9.17) is 12.6 Å². The Hall–Kier alpha value is -1.82. The number of rotatable bonds is 2. The highest BCUT2D eigenvalue weighted by Crippen LogP contribution is 2.55. The maximum atomic E-state index is 16.0. The molecule has 0 saturated heterocycles. The average Bonchev–Trinajstić information content (AvgIpc) is 2.95. The highest BCUT2D eigenvalue weighted by atomic mass is 32.1. The lowest BCUT2D eigenvalue weighted by molar-refractivity contribution is 0.134. The molecule has 0 amide bonds. The molecule has 126 valence electrons. The monoisotopic (exact) mass is 344 g/mol. The molecule has 2 aliphatic heterocycles. The maximum Gasteiger partial charge on any atom is 0.178 e. The fourth-order valence-corrected chi connectivity index (χ4v) is 4.58. The summed E-state index contributed by atoms with van der Waals surface area (Å²) in [4.78, 5) is 13.3. The van der Waals surface area contributed by atoms with Crippen LogP contribution in [-0.4, -0.2) is 27.4 Å². The van der Waals surface area contributed by atoms with Crippen molar-refractivity contribution in [2.75, 3.05) is 9.80 Å². The molecule has 1 aromatic heterocycles. The van der Waals surface area contributed by atoms with E-state index < -0.39 is 10.9 Å². The first-order chi connectivity index (χ1) is 11.5. The molecule has 6 heteroatoms. The number of halogens is 1. The second kappa shape index (κ2) is 5.34. The third-order valence-electron chi connectivity index (χ3n) is 5.12. The first-order valence-electron chi connectivity index (χ1n) is 8.35. The normalized spacial score (nSPS) is 27.9. The zero-order valence-electron chi connectivity index (χ0n) is 14.0. The number of para-hydroxylation sites is 1. The number of hydrogen-bond acceptors (Lipinski definition) is 5. The molecule has 3 unspecified atom stereocenters. The third kappa shape index (κ3) is 1.86. The molecule has 1 aromatic carbocycles. The van der Waals surface area contributed by atoms with E-state index in [1.165, 1.54) is 0 Å². The van der Waals surface area contributed by atoms with E-state index in [0.717, 1.165) is 17.3 Å². The number of benzene rings is 1. The van der Waals surface area contributed by atoms with Gasteiger partial charge in [-0.05, 0) is 26.3 Å². The summed E-state index contributed by atoms with van der Waals surface area (Å²) >= 11 is 4.77. The van der Waals surface area contributed by atoms with E-state index in [0.29, 0.717) is 12.0 Å². The van der Waals surface area contributed by atoms with E-state index in [9.17, 15) is 0 Å². The molecule has 0 bridgehead atoms. The molecule has 0 spiro atoms. The van der Waals surface area contributed by atoms with Crippen molar-refractivity contribution >= 4 is 30.0 Å². The van der Waals surface area contributed by atoms with Crippen LogP contribution in [-0.2, 0) is 5.67 Å². The number of aromatic nitrogens is 2. The highest BCUT2D eigenvalue weighted by molar-refractivity contribution is 7.81. The van der Waals surface area contributed by atoms with Crippen LogP contribution in [0.25, 0.3) is 0 Å². The molecule has 0 saturated carbocycles. The lowest BCUT2D eigenvalue weighted by Crippen LogP contribution is -2.59. The first-order valence-corrected chi connectivity index (χ1v) is 8.87. The lowest BCUT2D eigenvalue weighted by atomic mass is 9.82. The summed E-state index contributed by atoms with van der Waals surface area (Å²) < 4.78 is 16.0. The minimum atomic E-state index is -1.49. The Kier molecular flexibility index (Phi) is 3.49. The number of thiol groups is 1. The quantitative estimate of drug-likeness (QED) is 0.833. The van der Waals surface area contributed by atoms with Gasteiger partial charge in [-0.25, -0.2) is 14.4 Å². The van der Waals surface area contributed by atoms with E-state index in [1.807, 2.05) is 31.2 Å². The van der Waals surface area contributed by atoms with E-state index in [-0.39, 0.29) is 12.2 Å². The summed E-state index contributed by atoms with van der Waals surface area (Å²) in [6, 6.07) is 7.83. The standard InChI is InChI=1S/C18H21FN4S/c1-4-18(19)12-7-5-6-8-13(12)23-16-15(20-9-10-21-16)22(11(2)3)17(23)14(18)24/h5-11,14,17,24H,4H2,1-3H3. The summed E-state index contributed by atoms with van der Waals surface area (Å²) in [5.74, 6) is 1.58. The van der Waals surface area contributed by atoms with Gasteiger partial charge in [0.1, 0.15) is 6.17 Å². The van der Waals surface area contributed by atoms with Gasteiger partial charge in [-0.1, -0.05) is 25.1 Å². The second-order valence-electron chi connectivity index (χ2n) is 6.67. The first kappa shape index (κ1) is 15.7. The van der Waals surface area contributed by atoms with Crippen molar-refractivity contribution in [1.29, 1.82) is 0 Å². The fourth-order valence-electron chi connectivity index (χ4n) is 3.98. The second-order valence-corrected chi connectivity index (χ2v) is 7.22. The van der Waals surface area contributed by atoms with Crippen molar-refractivity contribution < 1.29 is 4.39 Å². The van der Waals surface area contributed by atoms with Crippen LogP contribution < -0.4 is 9.80 Å². The summed E-state index contributed by atoms with van der Waals surface area (Å²) in [6.07, 6.45) is 3.51. The molecule has 4 rings (SSSR count). The minimum absolute atomic E-state index is 0.163. The minimum Gasteiger partial charge on any atom is -0.329 e.